The Labute approximate surface area is 173 Å². The third kappa shape index (κ3) is 4.73. The third-order valence-corrected chi connectivity index (χ3v) is 6.55. The number of nitrogens with zero attached hydrogens (tertiary/aromatic N) is 1. The van der Waals surface area contributed by atoms with Crippen LogP contribution in [0.1, 0.15) is 29.6 Å². The number of anilines is 1. The van der Waals surface area contributed by atoms with Gasteiger partial charge in [0.1, 0.15) is 5.75 Å². The Bertz CT molecular complexity index is 923. The number of methoxy groups -OCH3 is 1. The van der Waals surface area contributed by atoms with Crippen molar-refractivity contribution in [3.63, 3.8) is 0 Å². The second-order valence-corrected chi connectivity index (χ2v) is 9.26. The van der Waals surface area contributed by atoms with Gasteiger partial charge in [-0.25, -0.2) is 8.42 Å². The van der Waals surface area contributed by atoms with Gasteiger partial charge in [-0.1, -0.05) is 0 Å². The van der Waals surface area contributed by atoms with E-state index in [1.807, 2.05) is 12.1 Å². The lowest BCUT2D eigenvalue weighted by Crippen LogP contribution is -2.35. The molecule has 8 heteroatoms. The minimum Gasteiger partial charge on any atom is -0.496 e. The van der Waals surface area contributed by atoms with Crippen LogP contribution in [-0.4, -0.2) is 39.4 Å². The minimum atomic E-state index is -3.82. The van der Waals surface area contributed by atoms with E-state index in [9.17, 15) is 13.2 Å². The second kappa shape index (κ2) is 8.47. The van der Waals surface area contributed by atoms with Crippen molar-refractivity contribution in [3.8, 4) is 5.75 Å². The van der Waals surface area contributed by atoms with Crippen LogP contribution >= 0.6 is 22.6 Å². The average Bonchev–Trinajstić information content (AvgIpc) is 2.69. The van der Waals surface area contributed by atoms with Crippen LogP contribution in [-0.2, 0) is 10.0 Å². The number of benzene rings is 2. The number of sulfonamides is 1. The Morgan fingerprint density at radius 3 is 2.37 bits per heavy atom. The first-order chi connectivity index (χ1) is 12.9. The molecule has 0 aliphatic carbocycles. The Kier molecular flexibility index (Phi) is 6.25. The predicted octanol–water partition coefficient (Wildman–Crippen LogP) is 3.73. The van der Waals surface area contributed by atoms with Crippen LogP contribution in [0, 0.1) is 3.57 Å². The molecule has 2 aromatic carbocycles. The second-order valence-electron chi connectivity index (χ2n) is 6.33. The van der Waals surface area contributed by atoms with E-state index in [2.05, 4.69) is 27.3 Å². The molecule has 1 N–H and O–H groups in total. The minimum absolute atomic E-state index is 0.0298. The summed E-state index contributed by atoms with van der Waals surface area (Å²) < 4.78 is 34.4. The number of carbonyl (C=O) groups is 1. The number of halogens is 1. The van der Waals surface area contributed by atoms with Gasteiger partial charge in [0.15, 0.2) is 0 Å². The maximum atomic E-state index is 12.9. The van der Waals surface area contributed by atoms with Crippen molar-refractivity contribution >= 4 is 44.2 Å². The lowest BCUT2D eigenvalue weighted by atomic mass is 10.1. The summed E-state index contributed by atoms with van der Waals surface area (Å²) in [6.45, 7) is 1.36. The van der Waals surface area contributed by atoms with Crippen LogP contribution in [0.3, 0.4) is 0 Å². The fourth-order valence-corrected chi connectivity index (χ4v) is 4.46. The zero-order valence-electron chi connectivity index (χ0n) is 14.9. The first kappa shape index (κ1) is 19.9. The van der Waals surface area contributed by atoms with Crippen LogP contribution in [0.25, 0.3) is 0 Å². The quantitative estimate of drug-likeness (QED) is 0.636. The zero-order valence-corrected chi connectivity index (χ0v) is 17.9. The smallest absolute Gasteiger partial charge is 0.261 e. The van der Waals surface area contributed by atoms with Crippen molar-refractivity contribution < 1.29 is 17.9 Å². The van der Waals surface area contributed by atoms with E-state index in [0.717, 1.165) is 22.8 Å². The summed E-state index contributed by atoms with van der Waals surface area (Å²) in [6, 6.07) is 11.4. The third-order valence-electron chi connectivity index (χ3n) is 4.45. The fourth-order valence-electron chi connectivity index (χ4n) is 3.02. The largest absolute Gasteiger partial charge is 0.496 e. The van der Waals surface area contributed by atoms with Crippen molar-refractivity contribution in [2.45, 2.75) is 24.2 Å². The Balaban J connectivity index is 1.91. The van der Waals surface area contributed by atoms with Crippen molar-refractivity contribution in [2.75, 3.05) is 24.9 Å². The maximum absolute atomic E-state index is 12.9. The highest BCUT2D eigenvalue weighted by molar-refractivity contribution is 14.1. The molecule has 1 aliphatic rings. The van der Waals surface area contributed by atoms with Crippen molar-refractivity contribution in [1.82, 2.24) is 4.90 Å². The summed E-state index contributed by atoms with van der Waals surface area (Å²) in [4.78, 5) is 14.7. The maximum Gasteiger partial charge on any atom is 0.261 e. The molecule has 0 unspecified atom stereocenters. The molecule has 3 rings (SSSR count). The van der Waals surface area contributed by atoms with E-state index in [1.165, 1.54) is 25.3 Å². The Hall–Kier alpha value is -1.81. The highest BCUT2D eigenvalue weighted by atomic mass is 127. The van der Waals surface area contributed by atoms with Crippen LogP contribution in [0.5, 0.6) is 5.75 Å². The molecule has 0 radical (unpaired) electrons. The van der Waals surface area contributed by atoms with Gasteiger partial charge in [0, 0.05) is 22.3 Å². The highest BCUT2D eigenvalue weighted by Gasteiger charge is 2.24. The molecular formula is C19H21IN2O4S. The Morgan fingerprint density at radius 1 is 1.07 bits per heavy atom. The topological polar surface area (TPSA) is 75.7 Å². The highest BCUT2D eigenvalue weighted by Crippen LogP contribution is 2.26. The number of piperidine rings is 1. The number of rotatable bonds is 5. The Morgan fingerprint density at radius 2 is 1.74 bits per heavy atom. The number of amides is 1. The number of nitrogens with one attached hydrogen (secondary N) is 1. The van der Waals surface area contributed by atoms with Gasteiger partial charge < -0.3 is 9.64 Å². The van der Waals surface area contributed by atoms with Gasteiger partial charge >= 0.3 is 0 Å². The SMILES string of the molecule is COc1ccc(S(=O)(=O)Nc2ccc(I)cc2)cc1C(=O)N1CCCCC1. The lowest BCUT2D eigenvalue weighted by molar-refractivity contribution is 0.0720. The average molecular weight is 500 g/mol. The van der Waals surface area contributed by atoms with Gasteiger partial charge in [0.05, 0.1) is 17.6 Å². The molecule has 1 heterocycles. The van der Waals surface area contributed by atoms with E-state index >= 15 is 0 Å². The first-order valence-electron chi connectivity index (χ1n) is 8.66. The standard InChI is InChI=1S/C19H21IN2O4S/c1-26-18-10-9-16(13-17(18)19(23)22-11-3-2-4-12-22)27(24,25)21-15-7-5-14(20)6-8-15/h5-10,13,21H,2-4,11-12H2,1H3. The van der Waals surface area contributed by atoms with E-state index < -0.39 is 10.0 Å². The lowest BCUT2D eigenvalue weighted by Gasteiger charge is -2.27. The molecular weight excluding hydrogens is 479 g/mol. The number of ether oxygens (including phenoxy) is 1. The van der Waals surface area contributed by atoms with Gasteiger partial charge in [-0.3, -0.25) is 9.52 Å². The van der Waals surface area contributed by atoms with Crippen molar-refractivity contribution in [2.24, 2.45) is 0 Å². The molecule has 144 valence electrons. The van der Waals surface area contributed by atoms with E-state index in [4.69, 9.17) is 4.74 Å². The molecule has 0 saturated carbocycles. The summed E-state index contributed by atoms with van der Waals surface area (Å²) in [5.41, 5.74) is 0.736. The molecule has 0 atom stereocenters. The number of hydrogen-bond acceptors (Lipinski definition) is 4. The molecule has 1 aliphatic heterocycles. The summed E-state index contributed by atoms with van der Waals surface area (Å²) in [6.07, 6.45) is 3.02. The van der Waals surface area contributed by atoms with Gasteiger partial charge in [0.2, 0.25) is 0 Å². The normalized spacial score (nSPS) is 14.7. The molecule has 1 saturated heterocycles. The van der Waals surface area contributed by atoms with Crippen molar-refractivity contribution in [1.29, 1.82) is 0 Å². The van der Waals surface area contributed by atoms with E-state index in [-0.39, 0.29) is 16.4 Å². The first-order valence-corrected chi connectivity index (χ1v) is 11.2. The predicted molar refractivity (Wildman–Crippen MR) is 113 cm³/mol. The van der Waals surface area contributed by atoms with E-state index in [0.29, 0.717) is 24.5 Å². The molecule has 0 bridgehead atoms. The van der Waals surface area contributed by atoms with Gasteiger partial charge in [0.25, 0.3) is 15.9 Å². The molecule has 0 aromatic heterocycles. The van der Waals surface area contributed by atoms with Crippen LogP contribution in [0.15, 0.2) is 47.4 Å². The molecule has 1 fully saturated rings. The summed E-state index contributed by atoms with van der Waals surface area (Å²) in [5.74, 6) is 0.177. The van der Waals surface area contributed by atoms with Crippen molar-refractivity contribution in [3.05, 3.63) is 51.6 Å². The molecule has 27 heavy (non-hydrogen) atoms. The number of carbonyl (C=O) groups excluding carboxylic acids is 1. The molecule has 1 amide bonds. The summed E-state index contributed by atoms with van der Waals surface area (Å²) >= 11 is 2.15. The van der Waals surface area contributed by atoms with Crippen LogP contribution < -0.4 is 9.46 Å². The van der Waals surface area contributed by atoms with Crippen LogP contribution in [0.4, 0.5) is 5.69 Å². The van der Waals surface area contributed by atoms with Crippen LogP contribution in [0.2, 0.25) is 0 Å². The number of hydrogen-bond donors (Lipinski definition) is 1. The van der Waals surface area contributed by atoms with Gasteiger partial charge in [-0.2, -0.15) is 0 Å². The van der Waals surface area contributed by atoms with Gasteiger partial charge in [-0.15, -0.1) is 0 Å². The number of likely N-dealkylation sites (tertiary alicyclic amines) is 1. The van der Waals surface area contributed by atoms with Gasteiger partial charge in [-0.05, 0) is 84.3 Å². The molecule has 2 aromatic rings. The summed E-state index contributed by atoms with van der Waals surface area (Å²) in [7, 11) is -2.34. The fraction of sp³-hybridized carbons (Fsp3) is 0.316. The zero-order chi connectivity index (χ0) is 19.4. The summed E-state index contributed by atoms with van der Waals surface area (Å²) in [5, 5.41) is 0. The monoisotopic (exact) mass is 500 g/mol. The molecule has 6 nitrogen and oxygen atoms in total. The van der Waals surface area contributed by atoms with E-state index in [1.54, 1.807) is 17.0 Å². The molecule has 0 spiro atoms.